The van der Waals surface area contributed by atoms with Crippen LogP contribution < -0.4 is 10.6 Å². The summed E-state index contributed by atoms with van der Waals surface area (Å²) in [7, 11) is 0. The molecule has 0 aromatic heterocycles. The predicted molar refractivity (Wildman–Crippen MR) is 88.8 cm³/mol. The van der Waals surface area contributed by atoms with Crippen LogP contribution in [0.3, 0.4) is 0 Å². The molecule has 0 saturated heterocycles. The average Bonchev–Trinajstić information content (AvgIpc) is 2.58. The second-order valence-corrected chi connectivity index (χ2v) is 5.16. The highest BCUT2D eigenvalue weighted by Crippen LogP contribution is 2.04. The van der Waals surface area contributed by atoms with Gasteiger partial charge < -0.3 is 0 Å². The molecule has 0 saturated carbocycles. The second-order valence-electron chi connectivity index (χ2n) is 5.16. The van der Waals surface area contributed by atoms with Gasteiger partial charge >= 0.3 is 0 Å². The Balaban J connectivity index is 2.15. The number of rotatable bonds is 1. The number of nitrogens with zero attached hydrogens (tertiary/aromatic N) is 2. The lowest BCUT2D eigenvalue weighted by atomic mass is 10.1. The van der Waals surface area contributed by atoms with Crippen LogP contribution in [0, 0.1) is 10.4 Å². The molecule has 1 aliphatic rings. The maximum Gasteiger partial charge on any atom is 0.159 e. The minimum atomic E-state index is 0.738. The van der Waals surface area contributed by atoms with E-state index in [0.717, 1.165) is 32.4 Å². The second kappa shape index (κ2) is 5.41. The molecule has 2 heteroatoms. The summed E-state index contributed by atoms with van der Waals surface area (Å²) in [6.07, 6.45) is 1.90. The average molecular weight is 282 g/mol. The van der Waals surface area contributed by atoms with Gasteiger partial charge in [0.1, 0.15) is 0 Å². The van der Waals surface area contributed by atoms with Crippen molar-refractivity contribution in [2.24, 2.45) is 9.98 Å². The van der Waals surface area contributed by atoms with Crippen molar-refractivity contribution in [3.05, 3.63) is 105 Å². The first-order valence-electron chi connectivity index (χ1n) is 7.28. The molecule has 0 spiro atoms. The number of aliphatic imine (C=N–C) groups is 1. The van der Waals surface area contributed by atoms with Gasteiger partial charge in [-0.2, -0.15) is 0 Å². The van der Waals surface area contributed by atoms with Gasteiger partial charge in [0.15, 0.2) is 5.84 Å². The Morgan fingerprint density at radius 2 is 1.27 bits per heavy atom. The van der Waals surface area contributed by atoms with Crippen molar-refractivity contribution in [2.45, 2.75) is 0 Å². The summed E-state index contributed by atoms with van der Waals surface area (Å²) in [6, 6.07) is 26.6. The summed E-state index contributed by atoms with van der Waals surface area (Å²) >= 11 is 0. The molecule has 1 heterocycles. The van der Waals surface area contributed by atoms with Crippen molar-refractivity contribution >= 4 is 12.0 Å². The summed E-state index contributed by atoms with van der Waals surface area (Å²) < 4.78 is 0. The van der Waals surface area contributed by atoms with Crippen LogP contribution in [0.4, 0.5) is 0 Å². The van der Waals surface area contributed by atoms with Gasteiger partial charge in [-0.25, -0.2) is 9.98 Å². The minimum absolute atomic E-state index is 0.738. The Hall–Kier alpha value is -3.00. The van der Waals surface area contributed by atoms with E-state index in [1.807, 2.05) is 66.9 Å². The molecule has 3 aromatic carbocycles. The molecule has 3 aromatic rings. The maximum atomic E-state index is 4.79. The number of benzene rings is 3. The molecule has 104 valence electrons. The molecule has 0 aliphatic carbocycles. The standard InChI is InChI=1S/C20H14N2/c1-2-8-15(9-3-1)20-21-14-16-10-4-5-11-17(16)18-12-6-7-13-19(18)22-20/h1-14H. The fraction of sp³-hybridized carbons (Fsp3) is 0. The zero-order chi connectivity index (χ0) is 14.8. The number of hydrogen-bond acceptors (Lipinski definition) is 2. The van der Waals surface area contributed by atoms with Crippen molar-refractivity contribution in [3.63, 3.8) is 0 Å². The van der Waals surface area contributed by atoms with E-state index in [2.05, 4.69) is 23.2 Å². The number of fused-ring (bicyclic) bond motifs is 2. The van der Waals surface area contributed by atoms with Crippen LogP contribution >= 0.6 is 0 Å². The molecule has 0 atom stereocenters. The third-order valence-electron chi connectivity index (χ3n) is 3.74. The maximum absolute atomic E-state index is 4.79. The molecule has 1 aliphatic heterocycles. The highest BCUT2D eigenvalue weighted by atomic mass is 14.9. The number of para-hydroxylation sites is 1. The molecule has 0 unspecified atom stereocenters. The lowest BCUT2D eigenvalue weighted by Crippen LogP contribution is -2.14. The molecule has 0 bridgehead atoms. The summed E-state index contributed by atoms with van der Waals surface area (Å²) in [5.41, 5.74) is 1.02. The van der Waals surface area contributed by atoms with Gasteiger partial charge in [-0.1, -0.05) is 72.8 Å². The van der Waals surface area contributed by atoms with Crippen LogP contribution in [0.5, 0.6) is 0 Å². The molecule has 0 N–H and O–H groups in total. The Bertz CT molecular complexity index is 1060. The van der Waals surface area contributed by atoms with E-state index in [4.69, 9.17) is 4.99 Å². The fourth-order valence-corrected chi connectivity index (χ4v) is 2.65. The molecule has 0 radical (unpaired) electrons. The normalized spacial score (nSPS) is 12.6. The Morgan fingerprint density at radius 1 is 0.591 bits per heavy atom. The van der Waals surface area contributed by atoms with E-state index in [1.54, 1.807) is 0 Å². The van der Waals surface area contributed by atoms with Crippen LogP contribution in [-0.4, -0.2) is 5.84 Å². The minimum Gasteiger partial charge on any atom is -0.236 e. The molecular weight excluding hydrogens is 268 g/mol. The van der Waals surface area contributed by atoms with Gasteiger partial charge in [-0.15, -0.1) is 0 Å². The number of amidine groups is 1. The van der Waals surface area contributed by atoms with Crippen molar-refractivity contribution in [2.75, 3.05) is 0 Å². The molecule has 0 fully saturated rings. The SMILES string of the molecule is C1=c2ccccc2=c2ccccc2=NC(c2ccccc2)=N1. The number of hydrogen-bond donors (Lipinski definition) is 0. The Kier molecular flexibility index (Phi) is 3.13. The van der Waals surface area contributed by atoms with E-state index in [1.165, 1.54) is 0 Å². The van der Waals surface area contributed by atoms with Gasteiger partial charge in [0.05, 0.1) is 5.36 Å². The predicted octanol–water partition coefficient (Wildman–Crippen LogP) is 2.79. The summed E-state index contributed by atoms with van der Waals surface area (Å²) in [6.45, 7) is 0. The zero-order valence-corrected chi connectivity index (χ0v) is 12.0. The van der Waals surface area contributed by atoms with Crippen LogP contribution in [0.1, 0.15) is 5.56 Å². The van der Waals surface area contributed by atoms with Crippen molar-refractivity contribution in [1.82, 2.24) is 0 Å². The Morgan fingerprint density at radius 3 is 2.14 bits per heavy atom. The van der Waals surface area contributed by atoms with Crippen molar-refractivity contribution in [1.29, 1.82) is 0 Å². The zero-order valence-electron chi connectivity index (χ0n) is 12.0. The largest absolute Gasteiger partial charge is 0.236 e. The first-order chi connectivity index (χ1) is 10.9. The lowest BCUT2D eigenvalue weighted by Gasteiger charge is -2.02. The summed E-state index contributed by atoms with van der Waals surface area (Å²) in [4.78, 5) is 9.41. The van der Waals surface area contributed by atoms with E-state index in [-0.39, 0.29) is 0 Å². The van der Waals surface area contributed by atoms with E-state index < -0.39 is 0 Å². The monoisotopic (exact) mass is 282 g/mol. The first-order valence-corrected chi connectivity index (χ1v) is 7.28. The highest BCUT2D eigenvalue weighted by Gasteiger charge is 2.02. The molecule has 2 nitrogen and oxygen atoms in total. The third-order valence-corrected chi connectivity index (χ3v) is 3.74. The smallest absolute Gasteiger partial charge is 0.159 e. The van der Waals surface area contributed by atoms with Gasteiger partial charge in [-0.05, 0) is 11.3 Å². The van der Waals surface area contributed by atoms with Gasteiger partial charge in [0.25, 0.3) is 0 Å². The van der Waals surface area contributed by atoms with Gasteiger partial charge in [0.2, 0.25) is 0 Å². The summed E-state index contributed by atoms with van der Waals surface area (Å²) in [5, 5.41) is 4.36. The molecular formula is C20H14N2. The van der Waals surface area contributed by atoms with Gasteiger partial charge in [0, 0.05) is 22.2 Å². The summed E-state index contributed by atoms with van der Waals surface area (Å²) in [5.74, 6) is 0.738. The molecule has 0 amide bonds. The quantitative estimate of drug-likeness (QED) is 0.656. The van der Waals surface area contributed by atoms with Crippen molar-refractivity contribution in [3.8, 4) is 0 Å². The van der Waals surface area contributed by atoms with E-state index in [0.29, 0.717) is 0 Å². The highest BCUT2D eigenvalue weighted by molar-refractivity contribution is 6.00. The fourth-order valence-electron chi connectivity index (χ4n) is 2.65. The molecule has 22 heavy (non-hydrogen) atoms. The van der Waals surface area contributed by atoms with Crippen molar-refractivity contribution < 1.29 is 0 Å². The van der Waals surface area contributed by atoms with Crippen LogP contribution in [0.25, 0.3) is 6.20 Å². The Labute approximate surface area is 128 Å². The van der Waals surface area contributed by atoms with Crippen LogP contribution in [0.2, 0.25) is 0 Å². The van der Waals surface area contributed by atoms with Crippen LogP contribution in [0.15, 0.2) is 88.8 Å². The van der Waals surface area contributed by atoms with Crippen LogP contribution in [-0.2, 0) is 0 Å². The molecule has 4 rings (SSSR count). The third kappa shape index (κ3) is 2.25. The van der Waals surface area contributed by atoms with E-state index >= 15 is 0 Å². The van der Waals surface area contributed by atoms with E-state index in [9.17, 15) is 0 Å². The van der Waals surface area contributed by atoms with Gasteiger partial charge in [-0.3, -0.25) is 0 Å². The topological polar surface area (TPSA) is 24.7 Å². The first kappa shape index (κ1) is 12.7. The lowest BCUT2D eigenvalue weighted by molar-refractivity contribution is 1.28.